The van der Waals surface area contributed by atoms with E-state index in [4.69, 9.17) is 4.98 Å². The van der Waals surface area contributed by atoms with Crippen LogP contribution in [0.2, 0.25) is 0 Å². The number of aromatic nitrogens is 1. The summed E-state index contributed by atoms with van der Waals surface area (Å²) in [6.45, 7) is 9.03. The third-order valence-electron chi connectivity index (χ3n) is 6.57. The maximum atomic E-state index is 13.8. The van der Waals surface area contributed by atoms with Crippen LogP contribution in [0.5, 0.6) is 0 Å². The van der Waals surface area contributed by atoms with Gasteiger partial charge in [-0.1, -0.05) is 76.2 Å². The highest BCUT2D eigenvalue weighted by Gasteiger charge is 2.38. The molecule has 0 radical (unpaired) electrons. The summed E-state index contributed by atoms with van der Waals surface area (Å²) in [5, 5.41) is 0. The lowest BCUT2D eigenvalue weighted by atomic mass is 9.70. The van der Waals surface area contributed by atoms with E-state index in [0.29, 0.717) is 11.8 Å². The Hall–Kier alpha value is -2.74. The molecule has 0 atom stereocenters. The quantitative estimate of drug-likeness (QED) is 0.425. The monoisotopic (exact) mass is 411 g/mol. The van der Waals surface area contributed by atoms with Crippen molar-refractivity contribution in [2.24, 2.45) is 5.92 Å². The summed E-state index contributed by atoms with van der Waals surface area (Å²) in [5.74, 6) is 0.784. The van der Waals surface area contributed by atoms with Gasteiger partial charge >= 0.3 is 0 Å². The number of nitrogens with zero attached hydrogens (tertiary/aromatic N) is 1. The fraction of sp³-hybridized carbons (Fsp3) is 0.345. The number of rotatable bonds is 4. The van der Waals surface area contributed by atoms with Gasteiger partial charge in [-0.25, -0.2) is 4.39 Å². The maximum absolute atomic E-state index is 13.8. The Morgan fingerprint density at radius 1 is 1.00 bits per heavy atom. The van der Waals surface area contributed by atoms with Gasteiger partial charge in [-0.3, -0.25) is 4.98 Å². The van der Waals surface area contributed by atoms with E-state index in [1.54, 1.807) is 12.1 Å². The second-order valence-electron chi connectivity index (χ2n) is 10.1. The molecule has 5 rings (SSSR count). The van der Waals surface area contributed by atoms with E-state index in [-0.39, 0.29) is 11.2 Å². The van der Waals surface area contributed by atoms with Crippen LogP contribution >= 0.6 is 0 Å². The summed E-state index contributed by atoms with van der Waals surface area (Å²) in [6, 6.07) is 15.7. The lowest BCUT2D eigenvalue weighted by Gasteiger charge is -2.36. The molecule has 1 nitrogen and oxygen atoms in total. The average molecular weight is 412 g/mol. The van der Waals surface area contributed by atoms with Gasteiger partial charge in [-0.15, -0.1) is 0 Å². The first-order chi connectivity index (χ1) is 14.8. The Balaban J connectivity index is 1.91. The Morgan fingerprint density at radius 2 is 1.71 bits per heavy atom. The zero-order chi connectivity index (χ0) is 21.8. The molecule has 1 fully saturated rings. The largest absolute Gasteiger partial charge is 0.256 e. The van der Waals surface area contributed by atoms with Crippen molar-refractivity contribution in [3.05, 3.63) is 82.9 Å². The summed E-state index contributed by atoms with van der Waals surface area (Å²) in [4.78, 5) is 5.38. The van der Waals surface area contributed by atoms with Crippen molar-refractivity contribution in [2.45, 2.75) is 58.3 Å². The van der Waals surface area contributed by atoms with E-state index < -0.39 is 0 Å². The molecule has 0 bridgehead atoms. The van der Waals surface area contributed by atoms with Gasteiger partial charge < -0.3 is 0 Å². The number of hydrogen-bond acceptors (Lipinski definition) is 1. The minimum atomic E-state index is -0.200. The fourth-order valence-corrected chi connectivity index (χ4v) is 4.89. The molecule has 0 spiro atoms. The molecule has 0 saturated heterocycles. The molecule has 2 aliphatic rings. The first-order valence-electron chi connectivity index (χ1n) is 11.5. The van der Waals surface area contributed by atoms with E-state index in [2.05, 4.69) is 64.1 Å². The lowest BCUT2D eigenvalue weighted by Crippen LogP contribution is -2.28. The van der Waals surface area contributed by atoms with Gasteiger partial charge in [0.25, 0.3) is 0 Å². The van der Waals surface area contributed by atoms with Gasteiger partial charge in [-0.2, -0.15) is 0 Å². The highest BCUT2D eigenvalue weighted by atomic mass is 19.1. The van der Waals surface area contributed by atoms with Crippen molar-refractivity contribution in [1.29, 1.82) is 0 Å². The van der Waals surface area contributed by atoms with Crippen LogP contribution in [0, 0.1) is 11.7 Å². The zero-order valence-corrected chi connectivity index (χ0v) is 18.9. The molecule has 1 aromatic heterocycles. The summed E-state index contributed by atoms with van der Waals surface area (Å²) in [6.07, 6.45) is 7.93. The van der Waals surface area contributed by atoms with Crippen molar-refractivity contribution in [3.63, 3.8) is 0 Å². The predicted octanol–water partition coefficient (Wildman–Crippen LogP) is 7.94. The summed E-state index contributed by atoms with van der Waals surface area (Å²) in [5.41, 5.74) is 9.72. The molecule has 3 aromatic rings. The summed E-state index contributed by atoms with van der Waals surface area (Å²) in [7, 11) is 0. The van der Waals surface area contributed by atoms with Crippen LogP contribution in [0.4, 0.5) is 4.39 Å². The second-order valence-corrected chi connectivity index (χ2v) is 10.1. The SMILES string of the molecule is CC(C)/C=C/c1c(C2CC2)nc2c(c1-c1ccc(F)cc1)-c1ccccc1CC2(C)C. The first kappa shape index (κ1) is 20.2. The smallest absolute Gasteiger partial charge is 0.123 e. The van der Waals surface area contributed by atoms with Crippen LogP contribution in [0.3, 0.4) is 0 Å². The average Bonchev–Trinajstić information content (AvgIpc) is 3.57. The van der Waals surface area contributed by atoms with Crippen molar-refractivity contribution in [3.8, 4) is 22.3 Å². The van der Waals surface area contributed by atoms with Gasteiger partial charge in [-0.05, 0) is 54.0 Å². The Morgan fingerprint density at radius 3 is 2.39 bits per heavy atom. The third-order valence-corrected chi connectivity index (χ3v) is 6.57. The van der Waals surface area contributed by atoms with E-state index in [1.807, 2.05) is 12.1 Å². The molecule has 2 aliphatic carbocycles. The Kier molecular flexibility index (Phi) is 4.84. The van der Waals surface area contributed by atoms with Crippen LogP contribution in [0.15, 0.2) is 54.6 Å². The van der Waals surface area contributed by atoms with Gasteiger partial charge in [0, 0.05) is 28.0 Å². The molecule has 31 heavy (non-hydrogen) atoms. The van der Waals surface area contributed by atoms with Crippen LogP contribution in [0.1, 0.15) is 69.0 Å². The van der Waals surface area contributed by atoms with E-state index >= 15 is 0 Å². The molecule has 0 amide bonds. The third kappa shape index (κ3) is 3.63. The molecule has 2 aromatic carbocycles. The molecule has 0 unspecified atom stereocenters. The molecule has 2 heteroatoms. The van der Waals surface area contributed by atoms with Gasteiger partial charge in [0.1, 0.15) is 5.82 Å². The molecule has 1 saturated carbocycles. The number of hydrogen-bond donors (Lipinski definition) is 0. The zero-order valence-electron chi connectivity index (χ0n) is 18.9. The number of halogens is 1. The van der Waals surface area contributed by atoms with Gasteiger partial charge in [0.05, 0.1) is 11.4 Å². The lowest BCUT2D eigenvalue weighted by molar-refractivity contribution is 0.498. The standard InChI is InChI=1S/C29H30FN/c1-18(2)9-16-24-25(19-12-14-22(30)15-13-19)26-23-8-6-5-7-21(23)17-29(3,4)28(26)31-27(24)20-10-11-20/h5-9,12-16,18,20H,10-11,17H2,1-4H3/b16-9+. The minimum absolute atomic E-state index is 0.0532. The molecule has 0 N–H and O–H groups in total. The number of allylic oxidation sites excluding steroid dienone is 1. The molecular weight excluding hydrogens is 381 g/mol. The summed E-state index contributed by atoms with van der Waals surface area (Å²) < 4.78 is 13.8. The Bertz CT molecular complexity index is 1160. The maximum Gasteiger partial charge on any atom is 0.123 e. The van der Waals surface area contributed by atoms with Crippen LogP contribution < -0.4 is 0 Å². The predicted molar refractivity (Wildman–Crippen MR) is 128 cm³/mol. The Labute approximate surface area is 185 Å². The highest BCUT2D eigenvalue weighted by Crippen LogP contribution is 2.52. The normalized spacial score (nSPS) is 17.1. The fourth-order valence-electron chi connectivity index (χ4n) is 4.89. The van der Waals surface area contributed by atoms with Gasteiger partial charge in [0.2, 0.25) is 0 Å². The van der Waals surface area contributed by atoms with E-state index in [1.165, 1.54) is 52.0 Å². The second kappa shape index (κ2) is 7.44. The van der Waals surface area contributed by atoms with E-state index in [0.717, 1.165) is 12.0 Å². The van der Waals surface area contributed by atoms with Crippen molar-refractivity contribution in [1.82, 2.24) is 4.98 Å². The number of pyridine rings is 1. The summed E-state index contributed by atoms with van der Waals surface area (Å²) >= 11 is 0. The molecule has 158 valence electrons. The van der Waals surface area contributed by atoms with Crippen molar-refractivity contribution < 1.29 is 4.39 Å². The number of benzene rings is 2. The van der Waals surface area contributed by atoms with Gasteiger partial charge in [0.15, 0.2) is 0 Å². The minimum Gasteiger partial charge on any atom is -0.256 e. The van der Waals surface area contributed by atoms with Crippen LogP contribution in [-0.4, -0.2) is 4.98 Å². The number of fused-ring (bicyclic) bond motifs is 3. The molecule has 1 heterocycles. The highest BCUT2D eigenvalue weighted by molar-refractivity contribution is 5.94. The molecular formula is C29H30FN. The topological polar surface area (TPSA) is 12.9 Å². The van der Waals surface area contributed by atoms with Crippen LogP contribution in [-0.2, 0) is 11.8 Å². The van der Waals surface area contributed by atoms with Crippen molar-refractivity contribution >= 4 is 6.08 Å². The van der Waals surface area contributed by atoms with Crippen LogP contribution in [0.25, 0.3) is 28.3 Å². The first-order valence-corrected chi connectivity index (χ1v) is 11.5. The van der Waals surface area contributed by atoms with E-state index in [9.17, 15) is 4.39 Å². The van der Waals surface area contributed by atoms with Crippen molar-refractivity contribution in [2.75, 3.05) is 0 Å². The molecule has 0 aliphatic heterocycles.